The molecule has 0 saturated heterocycles. The number of hydrogen-bond donors (Lipinski definition) is 1. The van der Waals surface area contributed by atoms with Crippen LogP contribution in [0.3, 0.4) is 0 Å². The average Bonchev–Trinajstić information content (AvgIpc) is 1.63. The third kappa shape index (κ3) is 3.60. The Morgan fingerprint density at radius 1 is 1.33 bits per heavy atom. The van der Waals surface area contributed by atoms with Crippen LogP contribution in [0.2, 0.25) is 0 Å². The molecule has 0 unspecified atom stereocenters. The smallest absolute Gasteiger partial charge is 0.372 e. The zero-order valence-corrected chi connectivity index (χ0v) is 6.88. The van der Waals surface area contributed by atoms with E-state index in [4.69, 9.17) is 5.11 Å². The zero-order valence-electron chi connectivity index (χ0n) is 4.88. The number of carbonyl (C=O) groups excluding carboxylic acids is 2. The van der Waals surface area contributed by atoms with Crippen molar-refractivity contribution in [2.75, 3.05) is 0 Å². The van der Waals surface area contributed by atoms with Gasteiger partial charge in [-0.25, -0.2) is 4.79 Å². The highest BCUT2D eigenvalue weighted by Gasteiger charge is 2.12. The molecule has 5 heteroatoms. The third-order valence-electron chi connectivity index (χ3n) is 0.648. The van der Waals surface area contributed by atoms with E-state index in [0.717, 1.165) is 0 Å². The lowest BCUT2D eigenvalue weighted by molar-refractivity contribution is -0.149. The molecule has 0 radical (unpaired) electrons. The number of carboxylic acids is 1. The van der Waals surface area contributed by atoms with Gasteiger partial charge in [0.05, 0.1) is 16.7 Å². The van der Waals surface area contributed by atoms with Gasteiger partial charge in [0.1, 0.15) is 5.41 Å². The normalized spacial score (nSPS) is 8.89. The molecule has 9 heavy (non-hydrogen) atoms. The standard InChI is InChI=1S/C4H6O4Si/c5-2(4(7)8)1-3(6)9/h1H2,9H3,(H,7,8). The molecule has 0 aromatic heterocycles. The van der Waals surface area contributed by atoms with E-state index in [1.807, 2.05) is 0 Å². The monoisotopic (exact) mass is 146 g/mol. The van der Waals surface area contributed by atoms with Crippen molar-refractivity contribution in [2.24, 2.45) is 0 Å². The summed E-state index contributed by atoms with van der Waals surface area (Å²) in [5.41, 5.74) is 0. The second kappa shape index (κ2) is 3.13. The topological polar surface area (TPSA) is 71.4 Å². The molecule has 0 aromatic carbocycles. The quantitative estimate of drug-likeness (QED) is 0.282. The van der Waals surface area contributed by atoms with E-state index in [-0.39, 0.29) is 15.6 Å². The van der Waals surface area contributed by atoms with Gasteiger partial charge in [-0.1, -0.05) is 0 Å². The van der Waals surface area contributed by atoms with Gasteiger partial charge in [0.25, 0.3) is 0 Å². The number of ketones is 1. The molecule has 0 rings (SSSR count). The third-order valence-corrected chi connectivity index (χ3v) is 1.00. The van der Waals surface area contributed by atoms with Crippen molar-refractivity contribution < 1.29 is 19.5 Å². The van der Waals surface area contributed by atoms with Gasteiger partial charge in [-0.15, -0.1) is 0 Å². The summed E-state index contributed by atoms with van der Waals surface area (Å²) in [7, 11) is 0.240. The molecule has 0 saturated carbocycles. The van der Waals surface area contributed by atoms with Crippen molar-refractivity contribution >= 4 is 27.4 Å². The van der Waals surface area contributed by atoms with Crippen molar-refractivity contribution in [3.8, 4) is 0 Å². The number of carbonyl (C=O) groups is 3. The molecule has 0 atom stereocenters. The number of Topliss-reactive ketones (excluding diaryl/α,β-unsaturated/α-hetero) is 1. The van der Waals surface area contributed by atoms with Crippen LogP contribution < -0.4 is 0 Å². The number of aliphatic carboxylic acids is 1. The number of rotatable bonds is 3. The van der Waals surface area contributed by atoms with Gasteiger partial charge in [-0.2, -0.15) is 0 Å². The van der Waals surface area contributed by atoms with Crippen LogP contribution in [0.5, 0.6) is 0 Å². The van der Waals surface area contributed by atoms with Crippen LogP contribution in [0, 0.1) is 0 Å². The fourth-order valence-electron chi connectivity index (χ4n) is 0.302. The maximum Gasteiger partial charge on any atom is 0.372 e. The fraction of sp³-hybridized carbons (Fsp3) is 0.250. The summed E-state index contributed by atoms with van der Waals surface area (Å²) in [5.74, 6) is -2.55. The summed E-state index contributed by atoms with van der Waals surface area (Å²) >= 11 is 0. The van der Waals surface area contributed by atoms with E-state index < -0.39 is 18.2 Å². The van der Waals surface area contributed by atoms with Crippen molar-refractivity contribution in [2.45, 2.75) is 6.42 Å². The molecule has 1 N–H and O–H groups in total. The molecule has 4 nitrogen and oxygen atoms in total. The second-order valence-corrected chi connectivity index (χ2v) is 2.72. The van der Waals surface area contributed by atoms with Gasteiger partial charge in [0.15, 0.2) is 0 Å². The second-order valence-electron chi connectivity index (χ2n) is 1.61. The Morgan fingerprint density at radius 3 is 1.89 bits per heavy atom. The van der Waals surface area contributed by atoms with Gasteiger partial charge in [0.2, 0.25) is 5.78 Å². The first-order valence-corrected chi connectivity index (χ1v) is 3.29. The molecule has 0 heterocycles. The minimum Gasteiger partial charge on any atom is -0.475 e. The molecule has 0 aromatic rings. The zero-order chi connectivity index (χ0) is 7.44. The van der Waals surface area contributed by atoms with Gasteiger partial charge in [-0.3, -0.25) is 4.79 Å². The Balaban J connectivity index is 3.79. The van der Waals surface area contributed by atoms with Gasteiger partial charge >= 0.3 is 5.97 Å². The SMILES string of the molecule is O=C([SiH3])CC(=O)C(=O)O. The Hall–Kier alpha value is -0.973. The predicted octanol–water partition coefficient (Wildman–Crippen LogP) is -2.08. The molecule has 0 fully saturated rings. The van der Waals surface area contributed by atoms with Crippen molar-refractivity contribution in [1.82, 2.24) is 0 Å². The Labute approximate surface area is 54.3 Å². The highest BCUT2D eigenvalue weighted by atomic mass is 28.1. The Bertz CT molecular complexity index is 162. The van der Waals surface area contributed by atoms with Crippen molar-refractivity contribution in [3.63, 3.8) is 0 Å². The molecular formula is C4H6O4Si. The maximum atomic E-state index is 10.2. The van der Waals surface area contributed by atoms with Crippen LogP contribution in [0.4, 0.5) is 0 Å². The van der Waals surface area contributed by atoms with Crippen LogP contribution in [-0.4, -0.2) is 32.5 Å². The Morgan fingerprint density at radius 2 is 1.78 bits per heavy atom. The first-order valence-electron chi connectivity index (χ1n) is 2.29. The summed E-state index contributed by atoms with van der Waals surface area (Å²) in [6.45, 7) is 0. The summed E-state index contributed by atoms with van der Waals surface area (Å²) in [6, 6.07) is 0. The summed E-state index contributed by atoms with van der Waals surface area (Å²) < 4.78 is 0. The Kier molecular flexibility index (Phi) is 2.79. The molecule has 0 aliphatic carbocycles. The molecule has 0 spiro atoms. The molecule has 0 aliphatic rings. The van der Waals surface area contributed by atoms with Crippen LogP contribution in [0.1, 0.15) is 6.42 Å². The van der Waals surface area contributed by atoms with Crippen LogP contribution in [0.15, 0.2) is 0 Å². The van der Waals surface area contributed by atoms with E-state index in [1.165, 1.54) is 0 Å². The highest BCUT2D eigenvalue weighted by Crippen LogP contribution is 1.81. The first-order chi connectivity index (χ1) is 4.04. The van der Waals surface area contributed by atoms with Gasteiger partial charge < -0.3 is 9.90 Å². The van der Waals surface area contributed by atoms with E-state index >= 15 is 0 Å². The van der Waals surface area contributed by atoms with E-state index in [9.17, 15) is 14.4 Å². The fourth-order valence-corrected chi connectivity index (χ4v) is 0.623. The molecular weight excluding hydrogens is 140 g/mol. The average molecular weight is 146 g/mol. The summed E-state index contributed by atoms with van der Waals surface area (Å²) in [4.78, 5) is 30.0. The van der Waals surface area contributed by atoms with Crippen LogP contribution in [-0.2, 0) is 14.4 Å². The molecule has 0 bridgehead atoms. The minimum atomic E-state index is -1.53. The summed E-state index contributed by atoms with van der Waals surface area (Å²) in [6.07, 6.45) is -0.443. The summed E-state index contributed by atoms with van der Waals surface area (Å²) in [5, 5.41) is 7.66. The lowest BCUT2D eigenvalue weighted by Gasteiger charge is -1.86. The van der Waals surface area contributed by atoms with Crippen LogP contribution >= 0.6 is 0 Å². The van der Waals surface area contributed by atoms with Crippen molar-refractivity contribution in [1.29, 1.82) is 0 Å². The number of hydrogen-bond acceptors (Lipinski definition) is 3. The highest BCUT2D eigenvalue weighted by molar-refractivity contribution is 6.61. The van der Waals surface area contributed by atoms with E-state index in [0.29, 0.717) is 0 Å². The molecule has 0 aliphatic heterocycles. The van der Waals surface area contributed by atoms with Crippen molar-refractivity contribution in [3.05, 3.63) is 0 Å². The van der Waals surface area contributed by atoms with Gasteiger partial charge in [-0.05, 0) is 0 Å². The van der Waals surface area contributed by atoms with Gasteiger partial charge in [0, 0.05) is 0 Å². The molecule has 0 amide bonds. The van der Waals surface area contributed by atoms with E-state index in [2.05, 4.69) is 0 Å². The van der Waals surface area contributed by atoms with E-state index in [1.54, 1.807) is 0 Å². The first kappa shape index (κ1) is 8.03. The number of carboxylic acid groups (broad SMARTS) is 1. The lowest BCUT2D eigenvalue weighted by Crippen LogP contribution is -2.16. The largest absolute Gasteiger partial charge is 0.475 e. The van der Waals surface area contributed by atoms with Crippen LogP contribution in [0.25, 0.3) is 0 Å². The lowest BCUT2D eigenvalue weighted by atomic mass is 10.3. The predicted molar refractivity (Wildman–Crippen MR) is 32.2 cm³/mol. The minimum absolute atomic E-state index is 0.240. The molecule has 50 valence electrons. The maximum absolute atomic E-state index is 10.2.